The number of thiazole rings is 1. The number of nitrogens with one attached hydrogen (secondary N) is 2. The highest BCUT2D eigenvalue weighted by atomic mass is 32.2. The maximum Gasteiger partial charge on any atom is 0.434 e. The second kappa shape index (κ2) is 15.3. The Hall–Kier alpha value is -4.71. The molecule has 1 aliphatic heterocycles. The highest BCUT2D eigenvalue weighted by Crippen LogP contribution is 2.47. The zero-order chi connectivity index (χ0) is 40.8. The number of hydrogen-bond acceptors (Lipinski definition) is 10. The first kappa shape index (κ1) is 40.9. The molecule has 6 rings (SSSR count). The molecule has 302 valence electrons. The van der Waals surface area contributed by atoms with Gasteiger partial charge in [0, 0.05) is 48.3 Å². The molecular weight excluding hydrogens is 774 g/mol. The number of carbonyl (C=O) groups is 3. The van der Waals surface area contributed by atoms with Gasteiger partial charge in [0.2, 0.25) is 15.9 Å². The van der Waals surface area contributed by atoms with Crippen molar-refractivity contribution in [3.05, 3.63) is 60.1 Å². The van der Waals surface area contributed by atoms with Gasteiger partial charge in [0.25, 0.3) is 5.91 Å². The van der Waals surface area contributed by atoms with Crippen molar-refractivity contribution in [2.24, 2.45) is 5.92 Å². The Morgan fingerprint density at radius 1 is 1.16 bits per heavy atom. The average Bonchev–Trinajstić information content (AvgIpc) is 3.93. The summed E-state index contributed by atoms with van der Waals surface area (Å²) in [7, 11) is -0.904. The van der Waals surface area contributed by atoms with E-state index in [1.54, 1.807) is 39.1 Å². The predicted octanol–water partition coefficient (Wildman–Crippen LogP) is 5.98. The fraction of sp³-hybridized carbons (Fsp3) is 0.500. The molecule has 1 unspecified atom stereocenters. The zero-order valence-electron chi connectivity index (χ0n) is 31.6. The SMILES string of the molecule is C=CCCCCN(C)C(=O)C1C[C@H](Oc2cc(-c3nc(C(F)(F)F)cs3)nc3c(C)c(OC)ccc23)CN1C(=O)N[C@]1(C(=O)NS(=O)(=O)C2(C)CC2)C[C@H]1C=C. The molecule has 0 bridgehead atoms. The number of sulfonamides is 1. The predicted molar refractivity (Wildman–Crippen MR) is 205 cm³/mol. The number of aromatic nitrogens is 2. The van der Waals surface area contributed by atoms with Crippen LogP contribution in [0.25, 0.3) is 21.6 Å². The third-order valence-electron chi connectivity index (χ3n) is 10.9. The number of fused-ring (bicyclic) bond motifs is 1. The molecule has 2 saturated carbocycles. The van der Waals surface area contributed by atoms with Crippen LogP contribution in [0.3, 0.4) is 0 Å². The number of alkyl halides is 3. The molecule has 4 amide bonds. The summed E-state index contributed by atoms with van der Waals surface area (Å²) in [5.41, 5.74) is -1.54. The maximum absolute atomic E-state index is 14.2. The molecule has 2 aromatic heterocycles. The van der Waals surface area contributed by atoms with Crippen molar-refractivity contribution in [2.45, 2.75) is 87.4 Å². The Kier molecular flexibility index (Phi) is 11.2. The van der Waals surface area contributed by atoms with Crippen molar-refractivity contribution in [3.8, 4) is 22.2 Å². The molecule has 13 nitrogen and oxygen atoms in total. The van der Waals surface area contributed by atoms with E-state index in [0.29, 0.717) is 48.0 Å². The number of amides is 4. The Morgan fingerprint density at radius 3 is 2.50 bits per heavy atom. The molecule has 1 saturated heterocycles. The summed E-state index contributed by atoms with van der Waals surface area (Å²) in [6.45, 7) is 11.1. The first-order valence-electron chi connectivity index (χ1n) is 18.2. The number of methoxy groups -OCH3 is 1. The lowest BCUT2D eigenvalue weighted by Gasteiger charge is -2.29. The fourth-order valence-corrected chi connectivity index (χ4v) is 9.03. The summed E-state index contributed by atoms with van der Waals surface area (Å²) in [6.07, 6.45) is 1.00. The summed E-state index contributed by atoms with van der Waals surface area (Å²) in [6, 6.07) is 3.09. The second-order valence-corrected chi connectivity index (χ2v) is 17.9. The minimum Gasteiger partial charge on any atom is -0.496 e. The van der Waals surface area contributed by atoms with Crippen molar-refractivity contribution in [1.82, 2.24) is 29.8 Å². The van der Waals surface area contributed by atoms with Crippen LogP contribution in [0.2, 0.25) is 0 Å². The van der Waals surface area contributed by atoms with Gasteiger partial charge in [-0.1, -0.05) is 12.2 Å². The summed E-state index contributed by atoms with van der Waals surface area (Å²) < 4.78 is 79.7. The van der Waals surface area contributed by atoms with Crippen molar-refractivity contribution in [2.75, 3.05) is 27.2 Å². The Balaban J connectivity index is 1.32. The second-order valence-electron chi connectivity index (χ2n) is 14.9. The number of ether oxygens (including phenoxy) is 2. The van der Waals surface area contributed by atoms with E-state index in [1.165, 1.54) is 29.1 Å². The van der Waals surface area contributed by atoms with Crippen LogP contribution in [0, 0.1) is 12.8 Å². The van der Waals surface area contributed by atoms with Gasteiger partial charge < -0.3 is 24.6 Å². The summed E-state index contributed by atoms with van der Waals surface area (Å²) in [4.78, 5) is 53.1. The number of rotatable bonds is 15. The number of halogens is 3. The molecule has 3 heterocycles. The van der Waals surface area contributed by atoms with E-state index in [0.717, 1.165) is 29.6 Å². The molecule has 18 heteroatoms. The monoisotopic (exact) mass is 818 g/mol. The number of hydrogen-bond donors (Lipinski definition) is 2. The minimum atomic E-state index is -4.66. The summed E-state index contributed by atoms with van der Waals surface area (Å²) in [5, 5.41) is 4.17. The molecule has 1 aromatic carbocycles. The smallest absolute Gasteiger partial charge is 0.434 e. The van der Waals surface area contributed by atoms with E-state index in [-0.39, 0.29) is 41.7 Å². The van der Waals surface area contributed by atoms with Crippen LogP contribution in [0.1, 0.15) is 63.1 Å². The van der Waals surface area contributed by atoms with E-state index < -0.39 is 62.2 Å². The molecule has 0 radical (unpaired) electrons. The Morgan fingerprint density at radius 2 is 1.89 bits per heavy atom. The first-order valence-corrected chi connectivity index (χ1v) is 20.6. The minimum absolute atomic E-state index is 0.00679. The number of nitrogens with zero attached hydrogens (tertiary/aromatic N) is 4. The number of pyridine rings is 1. The molecule has 0 spiro atoms. The number of carbonyl (C=O) groups excluding carboxylic acids is 3. The van der Waals surface area contributed by atoms with Crippen molar-refractivity contribution in [3.63, 3.8) is 0 Å². The van der Waals surface area contributed by atoms with E-state index in [4.69, 9.17) is 9.47 Å². The Labute approximate surface area is 327 Å². The number of likely N-dealkylation sites (tertiary alicyclic amines) is 1. The molecule has 3 aromatic rings. The van der Waals surface area contributed by atoms with Crippen LogP contribution >= 0.6 is 11.3 Å². The first-order chi connectivity index (χ1) is 26.4. The quantitative estimate of drug-likeness (QED) is 0.139. The molecule has 2 N–H and O–H groups in total. The van der Waals surface area contributed by atoms with Gasteiger partial charge in [0.05, 0.1) is 23.9 Å². The third kappa shape index (κ3) is 7.94. The van der Waals surface area contributed by atoms with Crippen LogP contribution in [0.4, 0.5) is 18.0 Å². The lowest BCUT2D eigenvalue weighted by atomic mass is 10.1. The van der Waals surface area contributed by atoms with Crippen LogP contribution in [0.15, 0.2) is 48.9 Å². The largest absolute Gasteiger partial charge is 0.496 e. The van der Waals surface area contributed by atoms with Gasteiger partial charge >= 0.3 is 12.2 Å². The standard InChI is InChI=1S/C38H45F3N6O7S2/c1-7-9-10-11-16-46(5)33(48)27-17-24(20-47(27)35(50)44-37(19-23(37)8-2)34(49)45-56(51,52)36(4)14-15-36)54-29-18-26(32-43-30(21-55-32)38(39,40)41)42-31-22(3)28(53-6)13-12-25(29)31/h7-8,12-13,18,21,23-24,27H,1-2,9-11,14-17,19-20H2,3-6H3,(H,44,50)(H,45,49)/t23-,24+,27?,37-/m1/s1. The van der Waals surface area contributed by atoms with E-state index in [9.17, 15) is 36.0 Å². The van der Waals surface area contributed by atoms with E-state index in [2.05, 4.69) is 33.2 Å². The van der Waals surface area contributed by atoms with Crippen LogP contribution in [-0.4, -0.2) is 95.7 Å². The van der Waals surface area contributed by atoms with Gasteiger partial charge in [-0.25, -0.2) is 23.2 Å². The number of urea groups is 1. The number of unbranched alkanes of at least 4 members (excludes halogenated alkanes) is 2. The highest BCUT2D eigenvalue weighted by molar-refractivity contribution is 7.91. The van der Waals surface area contributed by atoms with Gasteiger partial charge in [-0.2, -0.15) is 13.2 Å². The van der Waals surface area contributed by atoms with Gasteiger partial charge in [-0.15, -0.1) is 24.5 Å². The van der Waals surface area contributed by atoms with Gasteiger partial charge in [0.1, 0.15) is 39.9 Å². The van der Waals surface area contributed by atoms with E-state index in [1.807, 2.05) is 0 Å². The van der Waals surface area contributed by atoms with Crippen molar-refractivity contribution in [1.29, 1.82) is 0 Å². The number of likely N-dealkylation sites (N-methyl/N-ethyl adjacent to an activating group) is 1. The maximum atomic E-state index is 14.2. The molecular formula is C38H45F3N6O7S2. The number of aryl methyl sites for hydroxylation is 1. The number of allylic oxidation sites excluding steroid dienone is 1. The molecule has 56 heavy (non-hydrogen) atoms. The summed E-state index contributed by atoms with van der Waals surface area (Å²) in [5.74, 6) is -1.08. The molecule has 2 aliphatic carbocycles. The van der Waals surface area contributed by atoms with Crippen LogP contribution in [-0.2, 0) is 25.8 Å². The fourth-order valence-electron chi connectivity index (χ4n) is 6.93. The molecule has 3 aliphatic rings. The van der Waals surface area contributed by atoms with E-state index >= 15 is 0 Å². The normalized spacial score (nSPS) is 22.6. The van der Waals surface area contributed by atoms with Crippen LogP contribution in [0.5, 0.6) is 11.5 Å². The lowest BCUT2D eigenvalue weighted by molar-refractivity contribution is -0.140. The highest BCUT2D eigenvalue weighted by Gasteiger charge is 2.63. The van der Waals surface area contributed by atoms with Crippen LogP contribution < -0.4 is 19.5 Å². The Bertz CT molecular complexity index is 2170. The number of benzene rings is 1. The van der Waals surface area contributed by atoms with Gasteiger partial charge in [0.15, 0.2) is 5.69 Å². The van der Waals surface area contributed by atoms with Crippen molar-refractivity contribution < 1.29 is 45.4 Å². The average molecular weight is 819 g/mol. The van der Waals surface area contributed by atoms with Crippen molar-refractivity contribution >= 4 is 50.1 Å². The van der Waals surface area contributed by atoms with Gasteiger partial charge in [-0.3, -0.25) is 14.3 Å². The molecule has 4 atom stereocenters. The topological polar surface area (TPSA) is 160 Å². The third-order valence-corrected chi connectivity index (χ3v) is 13.9. The zero-order valence-corrected chi connectivity index (χ0v) is 33.2. The summed E-state index contributed by atoms with van der Waals surface area (Å²) >= 11 is 0.775. The van der Waals surface area contributed by atoms with Gasteiger partial charge in [-0.05, 0) is 64.5 Å². The molecule has 3 fully saturated rings. The lowest BCUT2D eigenvalue weighted by Crippen LogP contribution is -2.58.